The zero-order chi connectivity index (χ0) is 24.9. The maximum Gasteiger partial charge on any atom is 0.335 e. The van der Waals surface area contributed by atoms with Crippen molar-refractivity contribution in [3.05, 3.63) is 16.8 Å². The van der Waals surface area contributed by atoms with Crippen LogP contribution in [0, 0.1) is 0 Å². The molecule has 0 spiro atoms. The first-order valence-electron chi connectivity index (χ1n) is 12.5. The lowest BCUT2D eigenvalue weighted by Gasteiger charge is -2.38. The molecule has 2 aliphatic heterocycles. The molecule has 3 aliphatic rings. The summed E-state index contributed by atoms with van der Waals surface area (Å²) in [6.45, 7) is 4.27. The third kappa shape index (κ3) is 4.19. The van der Waals surface area contributed by atoms with Crippen LogP contribution in [-0.2, 0) is 29.4 Å². The summed E-state index contributed by atoms with van der Waals surface area (Å²) in [5.41, 5.74) is 3.74. The Hall–Kier alpha value is -2.31. The Kier molecular flexibility index (Phi) is 6.71. The second kappa shape index (κ2) is 9.62. The van der Waals surface area contributed by atoms with E-state index >= 15 is 0 Å². The summed E-state index contributed by atoms with van der Waals surface area (Å²) in [6.07, 6.45) is -1.55. The van der Waals surface area contributed by atoms with Crippen molar-refractivity contribution in [3.63, 3.8) is 0 Å². The van der Waals surface area contributed by atoms with Crippen LogP contribution in [0.5, 0.6) is 5.88 Å². The van der Waals surface area contributed by atoms with E-state index in [4.69, 9.17) is 19.6 Å². The van der Waals surface area contributed by atoms with Crippen LogP contribution in [0.2, 0.25) is 0 Å². The molecule has 6 atom stereocenters. The van der Waals surface area contributed by atoms with Gasteiger partial charge in [0.2, 0.25) is 12.2 Å². The zero-order valence-corrected chi connectivity index (χ0v) is 20.1. The third-order valence-electron chi connectivity index (χ3n) is 7.51. The zero-order valence-electron chi connectivity index (χ0n) is 20.1. The summed E-state index contributed by atoms with van der Waals surface area (Å²) < 4.78 is 13.1. The van der Waals surface area contributed by atoms with Gasteiger partial charge in [-0.1, -0.05) is 6.92 Å². The van der Waals surface area contributed by atoms with Gasteiger partial charge in [-0.25, -0.2) is 9.48 Å². The number of carboxylic acids is 1. The number of aryl methyl sites for hydroxylation is 2. The summed E-state index contributed by atoms with van der Waals surface area (Å²) in [7, 11) is 1.85. The van der Waals surface area contributed by atoms with E-state index in [9.17, 15) is 25.2 Å². The molecule has 11 nitrogen and oxygen atoms in total. The van der Waals surface area contributed by atoms with Crippen molar-refractivity contribution in [3.8, 4) is 5.88 Å². The molecular formula is C24H34N4O7. The van der Waals surface area contributed by atoms with Crippen LogP contribution in [0.25, 0.3) is 11.0 Å². The number of carbonyl (C=O) groups is 1. The first-order valence-corrected chi connectivity index (χ1v) is 12.5. The molecule has 0 aromatic carbocycles. The number of aliphatic hydroxyl groups excluding tert-OH is 3. The number of hydrogen-bond acceptors (Lipinski definition) is 9. The summed E-state index contributed by atoms with van der Waals surface area (Å²) in [5.74, 6) is -1.21. The van der Waals surface area contributed by atoms with Gasteiger partial charge in [0.25, 0.3) is 0 Å². The highest BCUT2D eigenvalue weighted by Gasteiger charge is 2.48. The van der Waals surface area contributed by atoms with Gasteiger partial charge in [0.15, 0.2) is 11.8 Å². The number of hydrogen-bond donors (Lipinski definition) is 4. The average Bonchev–Trinajstić information content (AvgIpc) is 3.43. The molecule has 2 aromatic heterocycles. The minimum Gasteiger partial charge on any atom is -0.479 e. The van der Waals surface area contributed by atoms with Crippen LogP contribution < -0.4 is 4.74 Å². The van der Waals surface area contributed by atoms with Crippen molar-refractivity contribution in [1.82, 2.24) is 19.7 Å². The number of carboxylic acid groups (broad SMARTS) is 1. The van der Waals surface area contributed by atoms with Gasteiger partial charge in [-0.05, 0) is 63.6 Å². The SMILES string of the molecule is CCCN1CCC[C@@H]1c1nn(C)c2nc(O[C@@H]3O[C@H](C(=O)O)[C@@H](O)[C@H](O)[C@H]3O)c3c(c12)CCCC3. The van der Waals surface area contributed by atoms with Gasteiger partial charge in [-0.2, -0.15) is 10.1 Å². The standard InChI is InChI=1S/C24H34N4O7/c1-3-10-28-11-6-9-14(28)16-15-12-7-4-5-8-13(12)22(25-21(15)27(2)26-16)35-24-19(31)17(29)18(30)20(34-24)23(32)33/h14,17-20,24,29-31H,3-11H2,1-2H3,(H,32,33)/t14-,17+,18+,19-,20+,24+/m1/s1. The first-order chi connectivity index (χ1) is 16.8. The van der Waals surface area contributed by atoms with Crippen LogP contribution in [-0.4, -0.2) is 89.9 Å². The lowest BCUT2D eigenvalue weighted by molar-refractivity contribution is -0.271. The lowest BCUT2D eigenvalue weighted by Crippen LogP contribution is -2.61. The van der Waals surface area contributed by atoms with E-state index < -0.39 is 36.7 Å². The molecular weight excluding hydrogens is 456 g/mol. The number of ether oxygens (including phenoxy) is 2. The number of aliphatic hydroxyl groups is 3. The van der Waals surface area contributed by atoms with Gasteiger partial charge >= 0.3 is 5.97 Å². The smallest absolute Gasteiger partial charge is 0.335 e. The lowest BCUT2D eigenvalue weighted by atomic mass is 9.89. The van der Waals surface area contributed by atoms with Crippen molar-refractivity contribution in [2.45, 2.75) is 88.6 Å². The molecule has 0 radical (unpaired) electrons. The molecule has 4 heterocycles. The van der Waals surface area contributed by atoms with Crippen molar-refractivity contribution in [2.24, 2.45) is 7.05 Å². The highest BCUT2D eigenvalue weighted by molar-refractivity contribution is 5.85. The van der Waals surface area contributed by atoms with E-state index in [0.717, 1.165) is 80.2 Å². The third-order valence-corrected chi connectivity index (χ3v) is 7.51. The topological polar surface area (TPSA) is 150 Å². The molecule has 5 rings (SSSR count). The first kappa shape index (κ1) is 24.4. The van der Waals surface area contributed by atoms with Gasteiger partial charge in [0.1, 0.15) is 18.3 Å². The minimum atomic E-state index is -1.77. The summed E-state index contributed by atoms with van der Waals surface area (Å²) in [5, 5.41) is 46.0. The van der Waals surface area contributed by atoms with Crippen molar-refractivity contribution >= 4 is 17.0 Å². The predicted octanol–water partition coefficient (Wildman–Crippen LogP) is 0.665. The molecule has 35 heavy (non-hydrogen) atoms. The summed E-state index contributed by atoms with van der Waals surface area (Å²) in [6, 6.07) is 0.245. The second-order valence-electron chi connectivity index (χ2n) is 9.84. The molecule has 2 aromatic rings. The van der Waals surface area contributed by atoms with Crippen molar-refractivity contribution in [1.29, 1.82) is 0 Å². The van der Waals surface area contributed by atoms with Gasteiger partial charge in [0, 0.05) is 18.0 Å². The fourth-order valence-electron chi connectivity index (χ4n) is 5.81. The highest BCUT2D eigenvalue weighted by atomic mass is 16.7. The van der Waals surface area contributed by atoms with Gasteiger partial charge < -0.3 is 29.9 Å². The van der Waals surface area contributed by atoms with Crippen molar-refractivity contribution < 1.29 is 34.7 Å². The highest BCUT2D eigenvalue weighted by Crippen LogP contribution is 2.41. The number of rotatable bonds is 6. The quantitative estimate of drug-likeness (QED) is 0.455. The van der Waals surface area contributed by atoms with Crippen LogP contribution >= 0.6 is 0 Å². The van der Waals surface area contributed by atoms with Crippen molar-refractivity contribution in [2.75, 3.05) is 13.1 Å². The fraction of sp³-hybridized carbons (Fsp3) is 0.708. The van der Waals surface area contributed by atoms with Crippen LogP contribution in [0.3, 0.4) is 0 Å². The summed E-state index contributed by atoms with van der Waals surface area (Å²) >= 11 is 0. The molecule has 2 fully saturated rings. The number of nitrogens with zero attached hydrogens (tertiary/aromatic N) is 4. The number of likely N-dealkylation sites (tertiary alicyclic amines) is 1. The van der Waals surface area contributed by atoms with Crippen LogP contribution in [0.15, 0.2) is 0 Å². The molecule has 0 saturated carbocycles. The molecule has 4 N–H and O–H groups in total. The number of pyridine rings is 1. The Morgan fingerprint density at radius 1 is 1.11 bits per heavy atom. The largest absolute Gasteiger partial charge is 0.479 e. The average molecular weight is 491 g/mol. The normalized spacial score (nSPS) is 31.6. The Labute approximate surface area is 203 Å². The van der Waals surface area contributed by atoms with E-state index in [2.05, 4.69) is 11.8 Å². The Morgan fingerprint density at radius 2 is 1.86 bits per heavy atom. The molecule has 0 amide bonds. The second-order valence-corrected chi connectivity index (χ2v) is 9.84. The minimum absolute atomic E-state index is 0.245. The Morgan fingerprint density at radius 3 is 2.57 bits per heavy atom. The van der Waals surface area contributed by atoms with Crippen LogP contribution in [0.4, 0.5) is 0 Å². The fourth-order valence-corrected chi connectivity index (χ4v) is 5.81. The van der Waals surface area contributed by atoms with E-state index in [1.807, 2.05) is 7.05 Å². The molecule has 1 aliphatic carbocycles. The van der Waals surface area contributed by atoms with E-state index in [1.165, 1.54) is 0 Å². The molecule has 11 heteroatoms. The monoisotopic (exact) mass is 490 g/mol. The van der Waals surface area contributed by atoms with Gasteiger partial charge in [-0.3, -0.25) is 4.90 Å². The van der Waals surface area contributed by atoms with E-state index in [-0.39, 0.29) is 11.9 Å². The maximum atomic E-state index is 11.5. The Balaban J connectivity index is 1.56. The maximum absolute atomic E-state index is 11.5. The van der Waals surface area contributed by atoms with E-state index in [0.29, 0.717) is 5.65 Å². The number of aromatic nitrogens is 3. The van der Waals surface area contributed by atoms with E-state index in [1.54, 1.807) is 4.68 Å². The number of fused-ring (bicyclic) bond motifs is 3. The summed E-state index contributed by atoms with van der Waals surface area (Å²) in [4.78, 5) is 18.8. The van der Waals surface area contributed by atoms with Gasteiger partial charge in [0.05, 0.1) is 11.7 Å². The molecule has 192 valence electrons. The van der Waals surface area contributed by atoms with Crippen LogP contribution in [0.1, 0.15) is 61.9 Å². The number of aliphatic carboxylic acids is 1. The molecule has 0 bridgehead atoms. The molecule has 0 unspecified atom stereocenters. The predicted molar refractivity (Wildman–Crippen MR) is 124 cm³/mol. The Bertz CT molecular complexity index is 1110. The van der Waals surface area contributed by atoms with Gasteiger partial charge in [-0.15, -0.1) is 0 Å². The molecule has 2 saturated heterocycles.